The number of hydrogen-bond acceptors (Lipinski definition) is 5. The number of amides is 1. The van der Waals surface area contributed by atoms with E-state index < -0.39 is 11.7 Å². The van der Waals surface area contributed by atoms with Crippen molar-refractivity contribution in [2.45, 2.75) is 32.0 Å². The smallest absolute Gasteiger partial charge is 0.419 e. The number of aliphatic imine (C=N–C) groups is 1. The van der Waals surface area contributed by atoms with Gasteiger partial charge in [0.2, 0.25) is 0 Å². The molecule has 1 fully saturated rings. The Morgan fingerprint density at radius 3 is 2.79 bits per heavy atom. The van der Waals surface area contributed by atoms with Gasteiger partial charge in [-0.05, 0) is 31.9 Å². The highest BCUT2D eigenvalue weighted by atomic mass is 19.4. The first kappa shape index (κ1) is 21.6. The lowest BCUT2D eigenvalue weighted by atomic mass is 10.1. The van der Waals surface area contributed by atoms with E-state index in [0.717, 1.165) is 6.07 Å². The summed E-state index contributed by atoms with van der Waals surface area (Å²) in [5.41, 5.74) is 5.01. The molecule has 0 radical (unpaired) electrons. The molecule has 4 N–H and O–H groups in total. The van der Waals surface area contributed by atoms with E-state index in [1.807, 2.05) is 0 Å². The second kappa shape index (κ2) is 10.00. The van der Waals surface area contributed by atoms with Crippen LogP contribution >= 0.6 is 0 Å². The predicted molar refractivity (Wildman–Crippen MR) is 99.0 cm³/mol. The van der Waals surface area contributed by atoms with Crippen LogP contribution in [0.2, 0.25) is 0 Å². The Balaban J connectivity index is 1.74. The van der Waals surface area contributed by atoms with Gasteiger partial charge < -0.3 is 26.0 Å². The van der Waals surface area contributed by atoms with Crippen molar-refractivity contribution in [1.29, 1.82) is 0 Å². The van der Waals surface area contributed by atoms with Crippen LogP contribution in [0.1, 0.15) is 25.3 Å². The van der Waals surface area contributed by atoms with Crippen molar-refractivity contribution in [1.82, 2.24) is 15.2 Å². The molecule has 1 aliphatic rings. The van der Waals surface area contributed by atoms with E-state index in [2.05, 4.69) is 20.6 Å². The number of rotatable bonds is 6. The molecule has 0 aromatic carbocycles. The Bertz CT molecular complexity index is 675. The summed E-state index contributed by atoms with van der Waals surface area (Å²) in [5, 5.41) is 5.70. The van der Waals surface area contributed by atoms with Crippen LogP contribution in [0.4, 0.5) is 23.8 Å². The fourth-order valence-corrected chi connectivity index (χ4v) is 2.80. The highest BCUT2D eigenvalue weighted by Gasteiger charge is 2.33. The van der Waals surface area contributed by atoms with Crippen LogP contribution in [-0.2, 0) is 10.9 Å². The number of nitrogens with one attached hydrogen (secondary N) is 2. The van der Waals surface area contributed by atoms with Gasteiger partial charge in [0.25, 0.3) is 0 Å². The van der Waals surface area contributed by atoms with Crippen LogP contribution in [0.5, 0.6) is 0 Å². The molecule has 1 aromatic heterocycles. The number of pyridine rings is 1. The maximum Gasteiger partial charge on any atom is 0.419 e. The largest absolute Gasteiger partial charge is 0.450 e. The second-order valence-electron chi connectivity index (χ2n) is 6.20. The zero-order valence-corrected chi connectivity index (χ0v) is 15.6. The zero-order chi connectivity index (χ0) is 20.6. The number of nitrogens with two attached hydrogens (primary N) is 1. The quantitative estimate of drug-likeness (QED) is 0.382. The van der Waals surface area contributed by atoms with Crippen molar-refractivity contribution >= 4 is 17.9 Å². The molecule has 0 unspecified atom stereocenters. The molecule has 1 amide bonds. The molecule has 1 aromatic rings. The molecule has 0 bridgehead atoms. The summed E-state index contributed by atoms with van der Waals surface area (Å²) in [6.45, 7) is 3.57. The molecule has 0 aliphatic carbocycles. The molecule has 1 saturated heterocycles. The Hall–Kier alpha value is -2.72. The number of hydrogen-bond donors (Lipinski definition) is 3. The van der Waals surface area contributed by atoms with Crippen LogP contribution in [0.3, 0.4) is 0 Å². The van der Waals surface area contributed by atoms with Crippen LogP contribution in [0, 0.1) is 0 Å². The maximum atomic E-state index is 12.9. The lowest BCUT2D eigenvalue weighted by Crippen LogP contribution is -2.48. The van der Waals surface area contributed by atoms with Crippen molar-refractivity contribution in [2.75, 3.05) is 38.1 Å². The van der Waals surface area contributed by atoms with Gasteiger partial charge in [0.05, 0.1) is 18.7 Å². The Morgan fingerprint density at radius 1 is 1.43 bits per heavy atom. The van der Waals surface area contributed by atoms with E-state index in [4.69, 9.17) is 10.5 Å². The van der Waals surface area contributed by atoms with Crippen LogP contribution in [0.25, 0.3) is 0 Å². The first-order chi connectivity index (χ1) is 13.3. The van der Waals surface area contributed by atoms with Gasteiger partial charge in [-0.25, -0.2) is 9.78 Å². The van der Waals surface area contributed by atoms with Gasteiger partial charge in [0.1, 0.15) is 5.82 Å². The van der Waals surface area contributed by atoms with Gasteiger partial charge in [-0.3, -0.25) is 4.99 Å². The van der Waals surface area contributed by atoms with Crippen LogP contribution in [0.15, 0.2) is 23.3 Å². The van der Waals surface area contributed by atoms with Gasteiger partial charge in [0.15, 0.2) is 5.96 Å². The van der Waals surface area contributed by atoms with Crippen molar-refractivity contribution in [3.05, 3.63) is 23.9 Å². The van der Waals surface area contributed by atoms with Gasteiger partial charge in [-0.2, -0.15) is 13.2 Å². The number of nitrogens with zero attached hydrogens (tertiary/aromatic N) is 3. The molecule has 0 spiro atoms. The molecule has 0 atom stereocenters. The average molecular weight is 402 g/mol. The molecule has 156 valence electrons. The first-order valence-corrected chi connectivity index (χ1v) is 9.05. The van der Waals surface area contributed by atoms with Gasteiger partial charge in [-0.1, -0.05) is 0 Å². The highest BCUT2D eigenvalue weighted by molar-refractivity contribution is 5.78. The number of ether oxygens (including phenoxy) is 1. The average Bonchev–Trinajstić information content (AvgIpc) is 2.65. The van der Waals surface area contributed by atoms with E-state index in [0.29, 0.717) is 32.5 Å². The lowest BCUT2D eigenvalue weighted by Gasteiger charge is -2.31. The minimum Gasteiger partial charge on any atom is -0.450 e. The Kier molecular flexibility index (Phi) is 7.70. The third-order valence-electron chi connectivity index (χ3n) is 4.17. The fourth-order valence-electron chi connectivity index (χ4n) is 2.80. The highest BCUT2D eigenvalue weighted by Crippen LogP contribution is 2.33. The van der Waals surface area contributed by atoms with Crippen molar-refractivity contribution in [3.8, 4) is 0 Å². The molecule has 2 heterocycles. The summed E-state index contributed by atoms with van der Waals surface area (Å²) in [5.74, 6) is -0.0171. The van der Waals surface area contributed by atoms with Gasteiger partial charge in [-0.15, -0.1) is 0 Å². The number of anilines is 1. The van der Waals surface area contributed by atoms with Crippen LogP contribution in [-0.4, -0.2) is 60.8 Å². The SMILES string of the molecule is CCOC(=O)N1CCC(NC(N)=NCCNc2ncccc2C(F)(F)F)CC1. The van der Waals surface area contributed by atoms with E-state index in [-0.39, 0.29) is 37.0 Å². The number of halogens is 3. The first-order valence-electron chi connectivity index (χ1n) is 9.05. The minimum atomic E-state index is -4.47. The monoisotopic (exact) mass is 402 g/mol. The fraction of sp³-hybridized carbons (Fsp3) is 0.588. The number of piperidine rings is 1. The molecule has 1 aliphatic heterocycles. The summed E-state index contributed by atoms with van der Waals surface area (Å²) < 4.78 is 43.7. The number of guanidine groups is 1. The lowest BCUT2D eigenvalue weighted by molar-refractivity contribution is -0.137. The van der Waals surface area contributed by atoms with Gasteiger partial charge >= 0.3 is 12.3 Å². The van der Waals surface area contributed by atoms with E-state index in [1.54, 1.807) is 11.8 Å². The summed E-state index contributed by atoms with van der Waals surface area (Å²) in [6, 6.07) is 2.29. The summed E-state index contributed by atoms with van der Waals surface area (Å²) >= 11 is 0. The normalized spacial score (nSPS) is 16.0. The number of aromatic nitrogens is 1. The Labute approximate surface area is 161 Å². The second-order valence-corrected chi connectivity index (χ2v) is 6.20. The number of likely N-dealkylation sites (tertiary alicyclic amines) is 1. The third kappa shape index (κ3) is 6.46. The Morgan fingerprint density at radius 2 is 2.14 bits per heavy atom. The van der Waals surface area contributed by atoms with Crippen molar-refractivity contribution in [3.63, 3.8) is 0 Å². The molecule has 28 heavy (non-hydrogen) atoms. The van der Waals surface area contributed by atoms with Crippen molar-refractivity contribution in [2.24, 2.45) is 10.7 Å². The predicted octanol–water partition coefficient (Wildman–Crippen LogP) is 2.04. The topological polar surface area (TPSA) is 105 Å². The summed E-state index contributed by atoms with van der Waals surface area (Å²) in [4.78, 5) is 21.1. The summed E-state index contributed by atoms with van der Waals surface area (Å²) in [6.07, 6.45) is -2.09. The molecule has 8 nitrogen and oxygen atoms in total. The maximum absolute atomic E-state index is 12.9. The molecule has 0 saturated carbocycles. The van der Waals surface area contributed by atoms with E-state index in [1.165, 1.54) is 12.3 Å². The van der Waals surface area contributed by atoms with E-state index >= 15 is 0 Å². The van der Waals surface area contributed by atoms with E-state index in [9.17, 15) is 18.0 Å². The zero-order valence-electron chi connectivity index (χ0n) is 15.6. The standard InChI is InChI=1S/C17H25F3N6O2/c1-2-28-16(27)26-10-5-12(6-11-26)25-15(21)24-9-8-23-14-13(17(18,19)20)4-3-7-22-14/h3-4,7,12H,2,5-6,8-11H2,1H3,(H,22,23)(H3,21,24,25). The number of carbonyl (C=O) groups excluding carboxylic acids is 1. The number of alkyl halides is 3. The molecule has 11 heteroatoms. The third-order valence-corrected chi connectivity index (χ3v) is 4.17. The molecular formula is C17H25F3N6O2. The number of carbonyl (C=O) groups is 1. The van der Waals surface area contributed by atoms with Crippen molar-refractivity contribution < 1.29 is 22.7 Å². The van der Waals surface area contributed by atoms with Gasteiger partial charge in [0, 0.05) is 31.9 Å². The molecule has 2 rings (SSSR count). The van der Waals surface area contributed by atoms with Crippen LogP contribution < -0.4 is 16.4 Å². The molecular weight excluding hydrogens is 377 g/mol. The minimum absolute atomic E-state index is 0.0787. The summed E-state index contributed by atoms with van der Waals surface area (Å²) in [7, 11) is 0.